The van der Waals surface area contributed by atoms with E-state index in [1.807, 2.05) is 13.0 Å². The normalized spacial score (nSPS) is 24.5. The number of aryl methyl sites for hydroxylation is 1. The number of hydrogen-bond donors (Lipinski definition) is 1. The summed E-state index contributed by atoms with van der Waals surface area (Å²) < 4.78 is 5.08. The lowest BCUT2D eigenvalue weighted by molar-refractivity contribution is 0.0884. The van der Waals surface area contributed by atoms with E-state index in [1.165, 1.54) is 18.9 Å². The summed E-state index contributed by atoms with van der Waals surface area (Å²) in [6, 6.07) is 4.75. The molecule has 32 heavy (non-hydrogen) atoms. The molecule has 1 aromatic heterocycles. The Labute approximate surface area is 200 Å². The Kier molecular flexibility index (Phi) is 7.64. The maximum absolute atomic E-state index is 12.1. The lowest BCUT2D eigenvalue weighted by Crippen LogP contribution is -2.52. The molecule has 1 saturated carbocycles. The molecule has 1 aromatic carbocycles. The van der Waals surface area contributed by atoms with Crippen molar-refractivity contribution in [3.63, 3.8) is 0 Å². The molecule has 0 spiro atoms. The highest BCUT2D eigenvalue weighted by Crippen LogP contribution is 2.36. The zero-order chi connectivity index (χ0) is 22.7. The van der Waals surface area contributed by atoms with Crippen LogP contribution in [-0.2, 0) is 0 Å². The van der Waals surface area contributed by atoms with Crippen molar-refractivity contribution in [2.24, 2.45) is 5.92 Å². The molecule has 2 heterocycles. The van der Waals surface area contributed by atoms with Gasteiger partial charge in [-0.3, -0.25) is 9.69 Å². The smallest absolute Gasteiger partial charge is 0.307 e. The van der Waals surface area contributed by atoms with E-state index in [0.717, 1.165) is 69.0 Å². The summed E-state index contributed by atoms with van der Waals surface area (Å²) in [4.78, 5) is 21.0. The summed E-state index contributed by atoms with van der Waals surface area (Å²) in [5.74, 6) is 0.665. The first-order valence-corrected chi connectivity index (χ1v) is 12.3. The number of benzene rings is 1. The summed E-state index contributed by atoms with van der Waals surface area (Å²) in [5.41, 5.74) is 2.05. The molecule has 1 amide bonds. The predicted octanol–water partition coefficient (Wildman–Crippen LogP) is 5.18. The third-order valence-corrected chi connectivity index (χ3v) is 7.90. The van der Waals surface area contributed by atoms with Crippen LogP contribution in [0.25, 0.3) is 0 Å². The van der Waals surface area contributed by atoms with Gasteiger partial charge >= 0.3 is 5.91 Å². The lowest BCUT2D eigenvalue weighted by atomic mass is 9.84. The summed E-state index contributed by atoms with van der Waals surface area (Å²) in [5, 5.41) is 4.38. The van der Waals surface area contributed by atoms with Gasteiger partial charge in [-0.25, -0.2) is 4.98 Å². The number of rotatable bonds is 6. The second-order valence-corrected chi connectivity index (χ2v) is 9.95. The van der Waals surface area contributed by atoms with Gasteiger partial charge in [0.15, 0.2) is 0 Å². The molecule has 4 rings (SSSR count). The Morgan fingerprint density at radius 3 is 2.66 bits per heavy atom. The molecule has 2 fully saturated rings. The Balaban J connectivity index is 1.20. The van der Waals surface area contributed by atoms with E-state index >= 15 is 0 Å². The molecule has 2 aliphatic rings. The first-order valence-electron chi connectivity index (χ1n) is 11.6. The van der Waals surface area contributed by atoms with E-state index in [-0.39, 0.29) is 17.8 Å². The molecule has 174 valence electrons. The van der Waals surface area contributed by atoms with E-state index < -0.39 is 0 Å². The molecule has 1 aliphatic carbocycles. The number of carbonyl (C=O) groups excluding carboxylic acids is 1. The number of piperazine rings is 1. The number of amides is 1. The first kappa shape index (κ1) is 23.4. The third kappa shape index (κ3) is 5.41. The molecule has 0 bridgehead atoms. The van der Waals surface area contributed by atoms with Crippen molar-refractivity contribution in [2.45, 2.75) is 58.0 Å². The van der Waals surface area contributed by atoms with E-state index in [4.69, 9.17) is 27.6 Å². The lowest BCUT2D eigenvalue weighted by Gasteiger charge is -2.42. The molecular weight excluding hydrogens is 447 g/mol. The van der Waals surface area contributed by atoms with Crippen LogP contribution in [0.15, 0.2) is 29.0 Å². The van der Waals surface area contributed by atoms with Crippen molar-refractivity contribution in [3.05, 3.63) is 46.1 Å². The molecule has 6 nitrogen and oxygen atoms in total. The Hall–Kier alpha value is -1.76. The van der Waals surface area contributed by atoms with Gasteiger partial charge in [0.25, 0.3) is 5.89 Å². The predicted molar refractivity (Wildman–Crippen MR) is 129 cm³/mol. The monoisotopic (exact) mass is 478 g/mol. The summed E-state index contributed by atoms with van der Waals surface area (Å²) in [6.07, 6.45) is 8.49. The SMILES string of the molecule is Cc1ccc(N2CCN(CCC3CCC(NC(=O)c4ncco4)CC3)C[C@H]2C)c(Cl)c1Cl. The van der Waals surface area contributed by atoms with Crippen molar-refractivity contribution in [1.29, 1.82) is 0 Å². The second-order valence-electron chi connectivity index (χ2n) is 9.19. The zero-order valence-corrected chi connectivity index (χ0v) is 20.3. The fourth-order valence-corrected chi connectivity index (χ4v) is 5.48. The van der Waals surface area contributed by atoms with Crippen LogP contribution in [-0.4, -0.2) is 54.1 Å². The number of oxazole rings is 1. The number of nitrogens with one attached hydrogen (secondary N) is 1. The molecule has 1 atom stereocenters. The van der Waals surface area contributed by atoms with Gasteiger partial charge in [0.1, 0.15) is 6.26 Å². The first-order chi connectivity index (χ1) is 15.4. The number of hydrogen-bond acceptors (Lipinski definition) is 5. The molecule has 2 aromatic rings. The number of nitrogens with zero attached hydrogens (tertiary/aromatic N) is 3. The van der Waals surface area contributed by atoms with Gasteiger partial charge in [0, 0.05) is 31.7 Å². The highest BCUT2D eigenvalue weighted by molar-refractivity contribution is 6.44. The maximum Gasteiger partial charge on any atom is 0.307 e. The van der Waals surface area contributed by atoms with Crippen LogP contribution in [0.2, 0.25) is 10.0 Å². The highest BCUT2D eigenvalue weighted by Gasteiger charge is 2.28. The van der Waals surface area contributed by atoms with Crippen molar-refractivity contribution < 1.29 is 9.21 Å². The summed E-state index contributed by atoms with van der Waals surface area (Å²) in [7, 11) is 0. The van der Waals surface area contributed by atoms with Gasteiger partial charge < -0.3 is 14.6 Å². The minimum atomic E-state index is -0.208. The Bertz CT molecular complexity index is 913. The van der Waals surface area contributed by atoms with Gasteiger partial charge in [-0.1, -0.05) is 29.3 Å². The zero-order valence-electron chi connectivity index (χ0n) is 18.8. The van der Waals surface area contributed by atoms with E-state index in [1.54, 1.807) is 0 Å². The molecule has 1 saturated heterocycles. The van der Waals surface area contributed by atoms with Crippen molar-refractivity contribution in [2.75, 3.05) is 31.1 Å². The van der Waals surface area contributed by atoms with Crippen LogP contribution in [0.3, 0.4) is 0 Å². The van der Waals surface area contributed by atoms with Crippen LogP contribution in [0.4, 0.5) is 5.69 Å². The third-order valence-electron chi connectivity index (χ3n) is 6.94. The largest absolute Gasteiger partial charge is 0.441 e. The molecule has 8 heteroatoms. The van der Waals surface area contributed by atoms with Crippen LogP contribution < -0.4 is 10.2 Å². The van der Waals surface area contributed by atoms with Gasteiger partial charge in [0.2, 0.25) is 0 Å². The molecule has 0 unspecified atom stereocenters. The number of aromatic nitrogens is 1. The van der Waals surface area contributed by atoms with Crippen LogP contribution in [0.1, 0.15) is 55.3 Å². The molecule has 1 N–H and O–H groups in total. The minimum absolute atomic E-state index is 0.148. The van der Waals surface area contributed by atoms with Gasteiger partial charge in [-0.05, 0) is 70.0 Å². The van der Waals surface area contributed by atoms with Crippen molar-refractivity contribution in [1.82, 2.24) is 15.2 Å². The van der Waals surface area contributed by atoms with E-state index in [9.17, 15) is 4.79 Å². The fraction of sp³-hybridized carbons (Fsp3) is 0.583. The topological polar surface area (TPSA) is 61.6 Å². The fourth-order valence-electron chi connectivity index (χ4n) is 4.99. The minimum Gasteiger partial charge on any atom is -0.441 e. The van der Waals surface area contributed by atoms with Crippen molar-refractivity contribution in [3.8, 4) is 0 Å². The maximum atomic E-state index is 12.1. The van der Waals surface area contributed by atoms with E-state index in [0.29, 0.717) is 16.1 Å². The van der Waals surface area contributed by atoms with Crippen LogP contribution in [0, 0.1) is 12.8 Å². The van der Waals surface area contributed by atoms with Crippen LogP contribution >= 0.6 is 23.2 Å². The van der Waals surface area contributed by atoms with Gasteiger partial charge in [-0.15, -0.1) is 0 Å². The molecule has 1 aliphatic heterocycles. The number of carbonyl (C=O) groups is 1. The average Bonchev–Trinajstić information content (AvgIpc) is 3.33. The standard InChI is InChI=1S/C24H32Cl2N4O2/c1-16-3-8-20(22(26)21(16)25)30-13-12-29(15-17(30)2)11-9-18-4-6-19(7-5-18)28-23(31)24-27-10-14-32-24/h3,8,10,14,17-19H,4-7,9,11-13,15H2,1-2H3,(H,28,31)/t17-,18?,19?/m1/s1. The molecule has 0 radical (unpaired) electrons. The summed E-state index contributed by atoms with van der Waals surface area (Å²) >= 11 is 12.9. The quantitative estimate of drug-likeness (QED) is 0.619. The molecular formula is C24H32Cl2N4O2. The summed E-state index contributed by atoms with van der Waals surface area (Å²) in [6.45, 7) is 8.39. The number of halogens is 2. The van der Waals surface area contributed by atoms with Gasteiger partial charge in [0.05, 0.1) is 21.9 Å². The number of anilines is 1. The second kappa shape index (κ2) is 10.4. The Morgan fingerprint density at radius 1 is 1.19 bits per heavy atom. The van der Waals surface area contributed by atoms with Gasteiger partial charge in [-0.2, -0.15) is 0 Å². The van der Waals surface area contributed by atoms with E-state index in [2.05, 4.69) is 33.1 Å². The van der Waals surface area contributed by atoms with Crippen LogP contribution in [0.5, 0.6) is 0 Å². The van der Waals surface area contributed by atoms with Crippen molar-refractivity contribution >= 4 is 34.8 Å². The highest BCUT2D eigenvalue weighted by atomic mass is 35.5. The Morgan fingerprint density at radius 2 is 1.97 bits per heavy atom. The average molecular weight is 479 g/mol.